The second-order valence-electron chi connectivity index (χ2n) is 4.37. The van der Waals surface area contributed by atoms with E-state index in [0.29, 0.717) is 6.42 Å². The van der Waals surface area contributed by atoms with Gasteiger partial charge in [-0.25, -0.2) is 0 Å². The summed E-state index contributed by atoms with van der Waals surface area (Å²) in [6.45, 7) is 0. The summed E-state index contributed by atoms with van der Waals surface area (Å²) in [5, 5.41) is 1.18. The number of nitrogens with one attached hydrogen (secondary N) is 1. The van der Waals surface area contributed by atoms with E-state index in [4.69, 9.17) is 0 Å². The number of aromatic nitrogens is 1. The van der Waals surface area contributed by atoms with E-state index in [1.54, 1.807) is 4.90 Å². The standard InChI is InChI=1S/C14H14N2O/c1-16-13(7-4-8-14(16)17)11-9-15-12-6-3-2-5-10(11)12/h2-7,9,13,15H,8H2,1H3. The zero-order chi connectivity index (χ0) is 11.8. The fourth-order valence-electron chi connectivity index (χ4n) is 2.38. The van der Waals surface area contributed by atoms with Crippen molar-refractivity contribution in [2.45, 2.75) is 12.5 Å². The quantitative estimate of drug-likeness (QED) is 0.745. The maximum absolute atomic E-state index is 11.7. The predicted octanol–water partition coefficient (Wildman–Crippen LogP) is 2.63. The molecule has 1 aromatic heterocycles. The third kappa shape index (κ3) is 1.55. The Hall–Kier alpha value is -2.03. The molecule has 1 atom stereocenters. The van der Waals surface area contributed by atoms with E-state index < -0.39 is 0 Å². The molecule has 2 aromatic rings. The lowest BCUT2D eigenvalue weighted by atomic mass is 10.0. The van der Waals surface area contributed by atoms with Crippen LogP contribution < -0.4 is 0 Å². The molecule has 0 saturated heterocycles. The van der Waals surface area contributed by atoms with Crippen molar-refractivity contribution in [3.05, 3.63) is 48.2 Å². The van der Waals surface area contributed by atoms with Crippen LogP contribution in [0.15, 0.2) is 42.6 Å². The smallest absolute Gasteiger partial charge is 0.226 e. The SMILES string of the molecule is CN1C(=O)CC=CC1c1c[nH]c2ccccc12. The highest BCUT2D eigenvalue weighted by Gasteiger charge is 2.23. The fourth-order valence-corrected chi connectivity index (χ4v) is 2.38. The van der Waals surface area contributed by atoms with Gasteiger partial charge in [0, 0.05) is 36.1 Å². The van der Waals surface area contributed by atoms with Gasteiger partial charge in [0.05, 0.1) is 6.04 Å². The van der Waals surface area contributed by atoms with Crippen LogP contribution in [0.4, 0.5) is 0 Å². The molecule has 3 rings (SSSR count). The number of amides is 1. The first-order chi connectivity index (χ1) is 8.27. The number of carbonyl (C=O) groups excluding carboxylic acids is 1. The van der Waals surface area contributed by atoms with Crippen molar-refractivity contribution in [2.75, 3.05) is 7.05 Å². The van der Waals surface area contributed by atoms with Crippen LogP contribution in [-0.4, -0.2) is 22.8 Å². The summed E-state index contributed by atoms with van der Waals surface area (Å²) in [5.74, 6) is 0.169. The molecular formula is C14H14N2O. The molecule has 17 heavy (non-hydrogen) atoms. The first kappa shape index (κ1) is 10.1. The zero-order valence-corrected chi connectivity index (χ0v) is 9.68. The molecule has 1 N–H and O–H groups in total. The average Bonchev–Trinajstić information content (AvgIpc) is 2.77. The lowest BCUT2D eigenvalue weighted by Crippen LogP contribution is -2.32. The number of fused-ring (bicyclic) bond motifs is 1. The monoisotopic (exact) mass is 226 g/mol. The summed E-state index contributed by atoms with van der Waals surface area (Å²) in [7, 11) is 1.86. The fraction of sp³-hybridized carbons (Fsp3) is 0.214. The van der Waals surface area contributed by atoms with Crippen molar-refractivity contribution >= 4 is 16.8 Å². The predicted molar refractivity (Wildman–Crippen MR) is 67.6 cm³/mol. The van der Waals surface area contributed by atoms with Gasteiger partial charge in [-0.05, 0) is 6.07 Å². The maximum Gasteiger partial charge on any atom is 0.226 e. The first-order valence-electron chi connectivity index (χ1n) is 5.75. The molecule has 3 nitrogen and oxygen atoms in total. The second kappa shape index (κ2) is 3.77. The van der Waals surface area contributed by atoms with Gasteiger partial charge >= 0.3 is 0 Å². The second-order valence-corrected chi connectivity index (χ2v) is 4.37. The number of carbonyl (C=O) groups is 1. The molecule has 3 heteroatoms. The third-order valence-corrected chi connectivity index (χ3v) is 3.36. The molecule has 2 heterocycles. The Balaban J connectivity index is 2.12. The summed E-state index contributed by atoms with van der Waals surface area (Å²) >= 11 is 0. The maximum atomic E-state index is 11.7. The first-order valence-corrected chi connectivity index (χ1v) is 5.75. The van der Waals surface area contributed by atoms with Crippen LogP contribution in [0, 0.1) is 0 Å². The Bertz CT molecular complexity index is 597. The Morgan fingerprint density at radius 1 is 1.35 bits per heavy atom. The van der Waals surface area contributed by atoms with Crippen LogP contribution in [0.1, 0.15) is 18.0 Å². The summed E-state index contributed by atoms with van der Waals surface area (Å²) < 4.78 is 0. The molecule has 0 aliphatic carbocycles. The number of H-pyrrole nitrogens is 1. The van der Waals surface area contributed by atoms with Gasteiger partial charge in [0.15, 0.2) is 0 Å². The van der Waals surface area contributed by atoms with Gasteiger partial charge in [-0.2, -0.15) is 0 Å². The van der Waals surface area contributed by atoms with Gasteiger partial charge in [0.2, 0.25) is 5.91 Å². The van der Waals surface area contributed by atoms with Crippen molar-refractivity contribution in [3.8, 4) is 0 Å². The highest BCUT2D eigenvalue weighted by atomic mass is 16.2. The molecular weight excluding hydrogens is 212 g/mol. The summed E-state index contributed by atoms with van der Waals surface area (Å²) in [6, 6.07) is 8.21. The molecule has 86 valence electrons. The van der Waals surface area contributed by atoms with Crippen LogP contribution in [0.2, 0.25) is 0 Å². The van der Waals surface area contributed by atoms with Gasteiger partial charge in [0.1, 0.15) is 0 Å². The highest BCUT2D eigenvalue weighted by Crippen LogP contribution is 2.30. The van der Waals surface area contributed by atoms with Gasteiger partial charge in [-0.15, -0.1) is 0 Å². The van der Waals surface area contributed by atoms with Crippen molar-refractivity contribution in [1.82, 2.24) is 9.88 Å². The minimum Gasteiger partial charge on any atom is -0.361 e. The minimum absolute atomic E-state index is 0.0485. The number of para-hydroxylation sites is 1. The van der Waals surface area contributed by atoms with Crippen molar-refractivity contribution in [3.63, 3.8) is 0 Å². The van der Waals surface area contributed by atoms with E-state index in [1.807, 2.05) is 37.5 Å². The largest absolute Gasteiger partial charge is 0.361 e. The van der Waals surface area contributed by atoms with Crippen molar-refractivity contribution in [2.24, 2.45) is 0 Å². The number of nitrogens with zero attached hydrogens (tertiary/aromatic N) is 1. The van der Waals surface area contributed by atoms with Crippen LogP contribution in [0.25, 0.3) is 10.9 Å². The molecule has 1 amide bonds. The number of benzene rings is 1. The molecule has 1 aromatic carbocycles. The van der Waals surface area contributed by atoms with Gasteiger partial charge in [-0.3, -0.25) is 4.79 Å². The average molecular weight is 226 g/mol. The molecule has 1 aliphatic rings. The number of likely N-dealkylation sites (N-methyl/N-ethyl adjacent to an activating group) is 1. The summed E-state index contributed by atoms with van der Waals surface area (Å²) in [5.41, 5.74) is 2.27. The van der Waals surface area contributed by atoms with Crippen LogP contribution in [0.5, 0.6) is 0 Å². The minimum atomic E-state index is 0.0485. The van der Waals surface area contributed by atoms with E-state index >= 15 is 0 Å². The van der Waals surface area contributed by atoms with Crippen LogP contribution >= 0.6 is 0 Å². The van der Waals surface area contributed by atoms with Gasteiger partial charge < -0.3 is 9.88 Å². The van der Waals surface area contributed by atoms with E-state index in [-0.39, 0.29) is 11.9 Å². The number of hydrogen-bond acceptors (Lipinski definition) is 1. The summed E-state index contributed by atoms with van der Waals surface area (Å²) in [6.07, 6.45) is 6.55. The topological polar surface area (TPSA) is 36.1 Å². The third-order valence-electron chi connectivity index (χ3n) is 3.36. The Labute approximate surface area is 99.7 Å². The Morgan fingerprint density at radius 2 is 2.18 bits per heavy atom. The van der Waals surface area contributed by atoms with Crippen LogP contribution in [0.3, 0.4) is 0 Å². The lowest BCUT2D eigenvalue weighted by molar-refractivity contribution is -0.130. The van der Waals surface area contributed by atoms with E-state index in [2.05, 4.69) is 17.1 Å². The van der Waals surface area contributed by atoms with E-state index in [9.17, 15) is 4.79 Å². The molecule has 0 spiro atoms. The molecule has 0 saturated carbocycles. The van der Waals surface area contributed by atoms with Crippen molar-refractivity contribution < 1.29 is 4.79 Å². The van der Waals surface area contributed by atoms with Crippen LogP contribution in [-0.2, 0) is 4.79 Å². The zero-order valence-electron chi connectivity index (χ0n) is 9.68. The molecule has 0 radical (unpaired) electrons. The number of aromatic amines is 1. The van der Waals surface area contributed by atoms with Gasteiger partial charge in [0.25, 0.3) is 0 Å². The van der Waals surface area contributed by atoms with E-state index in [0.717, 1.165) is 11.1 Å². The summed E-state index contributed by atoms with van der Waals surface area (Å²) in [4.78, 5) is 16.8. The number of hydrogen-bond donors (Lipinski definition) is 1. The Kier molecular flexibility index (Phi) is 2.25. The van der Waals surface area contributed by atoms with Crippen molar-refractivity contribution in [1.29, 1.82) is 0 Å². The molecule has 0 fully saturated rings. The Morgan fingerprint density at radius 3 is 3.06 bits per heavy atom. The lowest BCUT2D eigenvalue weighted by Gasteiger charge is -2.28. The normalized spacial score (nSPS) is 20.2. The molecule has 1 aliphatic heterocycles. The molecule has 1 unspecified atom stereocenters. The van der Waals surface area contributed by atoms with Gasteiger partial charge in [-0.1, -0.05) is 30.4 Å². The number of rotatable bonds is 1. The molecule has 0 bridgehead atoms. The highest BCUT2D eigenvalue weighted by molar-refractivity contribution is 5.86. The van der Waals surface area contributed by atoms with E-state index in [1.165, 1.54) is 5.39 Å².